The Morgan fingerprint density at radius 1 is 1.23 bits per heavy atom. The first kappa shape index (κ1) is 20.7. The summed E-state index contributed by atoms with van der Waals surface area (Å²) in [6.45, 7) is 6.78. The molecule has 2 aromatic carbocycles. The highest BCUT2D eigenvalue weighted by Gasteiger charge is 2.29. The molecule has 0 spiro atoms. The van der Waals surface area contributed by atoms with Gasteiger partial charge in [-0.05, 0) is 60.4 Å². The Labute approximate surface area is 181 Å². The normalized spacial score (nSPS) is 19.8. The Morgan fingerprint density at radius 2 is 2.00 bits per heavy atom. The molecular formula is C24H28N4OS. The van der Waals surface area contributed by atoms with E-state index in [0.29, 0.717) is 11.5 Å². The molecule has 1 unspecified atom stereocenters. The lowest BCUT2D eigenvalue weighted by atomic mass is 9.72. The summed E-state index contributed by atoms with van der Waals surface area (Å²) in [5, 5.41) is 5.33. The first-order valence-corrected chi connectivity index (χ1v) is 11.4. The van der Waals surface area contributed by atoms with Gasteiger partial charge in [-0.25, -0.2) is 10.4 Å². The van der Waals surface area contributed by atoms with Crippen LogP contribution in [0.25, 0.3) is 11.0 Å². The predicted molar refractivity (Wildman–Crippen MR) is 124 cm³/mol. The van der Waals surface area contributed by atoms with Crippen LogP contribution in [-0.2, 0) is 5.75 Å². The number of hydrazone groups is 1. The Kier molecular flexibility index (Phi) is 5.95. The van der Waals surface area contributed by atoms with Crippen molar-refractivity contribution >= 4 is 34.4 Å². The molecule has 0 radical (unpaired) electrons. The second-order valence-electron chi connectivity index (χ2n) is 9.02. The van der Waals surface area contributed by atoms with Crippen molar-refractivity contribution < 1.29 is 4.79 Å². The minimum Gasteiger partial charge on any atom is -0.333 e. The molecule has 1 aliphatic carbocycles. The summed E-state index contributed by atoms with van der Waals surface area (Å²) < 4.78 is 0. The first-order valence-electron chi connectivity index (χ1n) is 10.4. The molecule has 1 aliphatic rings. The van der Waals surface area contributed by atoms with Gasteiger partial charge in [-0.15, -0.1) is 0 Å². The van der Waals surface area contributed by atoms with E-state index in [1.165, 1.54) is 6.42 Å². The summed E-state index contributed by atoms with van der Waals surface area (Å²) in [6, 6.07) is 15.7. The summed E-state index contributed by atoms with van der Waals surface area (Å²) in [5.41, 5.74) is 7.88. The van der Waals surface area contributed by atoms with Gasteiger partial charge in [0.15, 0.2) is 5.16 Å². The Hall–Kier alpha value is -2.60. The lowest BCUT2D eigenvalue weighted by Gasteiger charge is -2.34. The van der Waals surface area contributed by atoms with Crippen LogP contribution in [0.15, 0.2) is 58.8 Å². The zero-order valence-electron chi connectivity index (χ0n) is 17.7. The predicted octanol–water partition coefficient (Wildman–Crippen LogP) is 5.79. The van der Waals surface area contributed by atoms with E-state index in [1.54, 1.807) is 11.8 Å². The second kappa shape index (κ2) is 8.64. The number of H-pyrrole nitrogens is 1. The number of hydrogen-bond acceptors (Lipinski definition) is 4. The second-order valence-corrected chi connectivity index (χ2v) is 9.98. The molecule has 1 aromatic heterocycles. The lowest BCUT2D eigenvalue weighted by Crippen LogP contribution is -2.30. The van der Waals surface area contributed by atoms with Crippen LogP contribution in [0, 0.1) is 11.3 Å². The third kappa shape index (κ3) is 5.11. The van der Waals surface area contributed by atoms with Gasteiger partial charge >= 0.3 is 0 Å². The van der Waals surface area contributed by atoms with Crippen molar-refractivity contribution in [3.05, 3.63) is 59.7 Å². The van der Waals surface area contributed by atoms with Crippen molar-refractivity contribution in [3.63, 3.8) is 0 Å². The maximum absolute atomic E-state index is 12.5. The average Bonchev–Trinajstić information content (AvgIpc) is 3.12. The van der Waals surface area contributed by atoms with Crippen molar-refractivity contribution in [2.45, 2.75) is 50.9 Å². The average molecular weight is 421 g/mol. The Morgan fingerprint density at radius 3 is 2.73 bits per heavy atom. The number of fused-ring (bicyclic) bond motifs is 1. The summed E-state index contributed by atoms with van der Waals surface area (Å²) >= 11 is 1.65. The number of benzene rings is 2. The fourth-order valence-corrected chi connectivity index (χ4v) is 5.14. The number of para-hydroxylation sites is 2. The molecule has 0 bridgehead atoms. The molecule has 1 heterocycles. The molecule has 2 N–H and O–H groups in total. The number of imidazole rings is 1. The maximum Gasteiger partial charge on any atom is 0.271 e. The standard InChI is InChI=1S/C24H28N4OS/c1-16-12-19(14-24(2,3)13-16)27-28-22(29)18-10-8-17(9-11-18)15-30-23-25-20-6-4-5-7-21(20)26-23/h4-11,16H,12-15H2,1-3H3,(H,25,26)(H,28,29)/b27-19+. The van der Waals surface area contributed by atoms with E-state index in [4.69, 9.17) is 0 Å². The molecule has 6 heteroatoms. The fraction of sp³-hybridized carbons (Fsp3) is 0.375. The zero-order chi connectivity index (χ0) is 21.1. The number of carbonyl (C=O) groups excluding carboxylic acids is 1. The molecule has 1 atom stereocenters. The zero-order valence-corrected chi connectivity index (χ0v) is 18.6. The van der Waals surface area contributed by atoms with Gasteiger partial charge in [-0.1, -0.05) is 56.8 Å². The van der Waals surface area contributed by atoms with E-state index in [-0.39, 0.29) is 11.3 Å². The number of nitrogens with zero attached hydrogens (tertiary/aromatic N) is 2. The van der Waals surface area contributed by atoms with Crippen molar-refractivity contribution in [1.29, 1.82) is 0 Å². The number of thioether (sulfide) groups is 1. The van der Waals surface area contributed by atoms with Crippen LogP contribution in [0.3, 0.4) is 0 Å². The number of amides is 1. The molecule has 0 aliphatic heterocycles. The molecule has 0 saturated heterocycles. The number of rotatable bonds is 5. The molecule has 1 amide bonds. The highest BCUT2D eigenvalue weighted by atomic mass is 32.2. The van der Waals surface area contributed by atoms with E-state index in [1.807, 2.05) is 48.5 Å². The van der Waals surface area contributed by atoms with E-state index in [9.17, 15) is 4.79 Å². The number of aromatic amines is 1. The number of hydrogen-bond donors (Lipinski definition) is 2. The van der Waals surface area contributed by atoms with Crippen molar-refractivity contribution in [2.24, 2.45) is 16.4 Å². The monoisotopic (exact) mass is 420 g/mol. The largest absolute Gasteiger partial charge is 0.333 e. The van der Waals surface area contributed by atoms with Gasteiger partial charge in [0.2, 0.25) is 0 Å². The first-order chi connectivity index (χ1) is 14.4. The van der Waals surface area contributed by atoms with E-state index in [0.717, 1.165) is 46.1 Å². The molecule has 5 nitrogen and oxygen atoms in total. The molecule has 1 fully saturated rings. The smallest absolute Gasteiger partial charge is 0.271 e. The molecule has 3 aromatic rings. The summed E-state index contributed by atoms with van der Waals surface area (Å²) in [5.74, 6) is 1.24. The van der Waals surface area contributed by atoms with Gasteiger partial charge < -0.3 is 4.98 Å². The quantitative estimate of drug-likeness (QED) is 0.405. The van der Waals surface area contributed by atoms with Crippen molar-refractivity contribution in [3.8, 4) is 0 Å². The van der Waals surface area contributed by atoms with Crippen LogP contribution in [0.4, 0.5) is 0 Å². The summed E-state index contributed by atoms with van der Waals surface area (Å²) in [4.78, 5) is 20.4. The maximum atomic E-state index is 12.5. The topological polar surface area (TPSA) is 70.1 Å². The SMILES string of the molecule is CC1C/C(=N\NC(=O)c2ccc(CSc3nc4ccccc4[nH]3)cc2)CC(C)(C)C1. The third-order valence-electron chi connectivity index (χ3n) is 5.44. The number of aromatic nitrogens is 2. The minimum absolute atomic E-state index is 0.157. The minimum atomic E-state index is -0.157. The van der Waals surface area contributed by atoms with Gasteiger partial charge in [-0.2, -0.15) is 5.10 Å². The van der Waals surface area contributed by atoms with E-state index in [2.05, 4.69) is 41.3 Å². The highest BCUT2D eigenvalue weighted by molar-refractivity contribution is 7.98. The van der Waals surface area contributed by atoms with Crippen LogP contribution in [0.2, 0.25) is 0 Å². The van der Waals surface area contributed by atoms with Crippen LogP contribution in [0.5, 0.6) is 0 Å². The summed E-state index contributed by atoms with van der Waals surface area (Å²) in [7, 11) is 0. The molecule has 4 rings (SSSR count). The van der Waals surface area contributed by atoms with Crippen LogP contribution in [-0.4, -0.2) is 21.6 Å². The highest BCUT2D eigenvalue weighted by Crippen LogP contribution is 2.36. The molecule has 30 heavy (non-hydrogen) atoms. The number of carbonyl (C=O) groups is 1. The van der Waals surface area contributed by atoms with E-state index < -0.39 is 0 Å². The van der Waals surface area contributed by atoms with E-state index >= 15 is 0 Å². The van der Waals surface area contributed by atoms with Gasteiger partial charge in [0, 0.05) is 17.0 Å². The Balaban J connectivity index is 1.33. The van der Waals surface area contributed by atoms with Gasteiger partial charge in [0.1, 0.15) is 0 Å². The van der Waals surface area contributed by atoms with Gasteiger partial charge in [0.25, 0.3) is 5.91 Å². The van der Waals surface area contributed by atoms with Gasteiger partial charge in [-0.3, -0.25) is 4.79 Å². The molecule has 1 saturated carbocycles. The van der Waals surface area contributed by atoms with Gasteiger partial charge in [0.05, 0.1) is 11.0 Å². The lowest BCUT2D eigenvalue weighted by molar-refractivity contribution is 0.0954. The Bertz CT molecular complexity index is 1040. The molecular weight excluding hydrogens is 392 g/mol. The fourth-order valence-electron chi connectivity index (χ4n) is 4.30. The van der Waals surface area contributed by atoms with Crippen molar-refractivity contribution in [2.75, 3.05) is 0 Å². The molecule has 156 valence electrons. The number of nitrogens with one attached hydrogen (secondary N) is 2. The summed E-state index contributed by atoms with van der Waals surface area (Å²) in [6.07, 6.45) is 3.10. The van der Waals surface area contributed by atoms with Crippen LogP contribution >= 0.6 is 11.8 Å². The van der Waals surface area contributed by atoms with Crippen LogP contribution in [0.1, 0.15) is 56.0 Å². The van der Waals surface area contributed by atoms with Crippen molar-refractivity contribution in [1.82, 2.24) is 15.4 Å². The van der Waals surface area contributed by atoms with Crippen LogP contribution < -0.4 is 5.43 Å². The third-order valence-corrected chi connectivity index (χ3v) is 6.39.